The Morgan fingerprint density at radius 2 is 2.00 bits per heavy atom. The predicted octanol–water partition coefficient (Wildman–Crippen LogP) is 4.48. The summed E-state index contributed by atoms with van der Waals surface area (Å²) in [6.07, 6.45) is 8.70. The van der Waals surface area contributed by atoms with Crippen LogP contribution in [0.3, 0.4) is 0 Å². The first-order valence-corrected chi connectivity index (χ1v) is 9.19. The summed E-state index contributed by atoms with van der Waals surface area (Å²) in [4.78, 5) is 16.7. The molecule has 130 valence electrons. The fourth-order valence-corrected chi connectivity index (χ4v) is 3.78. The topological polar surface area (TPSA) is 42.0 Å². The number of amides is 1. The summed E-state index contributed by atoms with van der Waals surface area (Å²) in [5, 5.41) is 4.14. The molecule has 4 rings (SSSR count). The van der Waals surface area contributed by atoms with Gasteiger partial charge in [-0.05, 0) is 42.5 Å². The van der Waals surface area contributed by atoms with E-state index in [0.717, 1.165) is 29.3 Å². The maximum Gasteiger partial charge on any atom is 0.244 e. The number of hydrogen-bond acceptors (Lipinski definition) is 2. The van der Waals surface area contributed by atoms with Gasteiger partial charge in [0.05, 0.1) is 5.52 Å². The minimum Gasteiger partial charge on any atom is -0.352 e. The first-order valence-electron chi connectivity index (χ1n) is 9.19. The number of carbonyl (C=O) groups excluding carboxylic acids is 1. The van der Waals surface area contributed by atoms with Crippen LogP contribution in [0.25, 0.3) is 17.0 Å². The molecule has 1 heterocycles. The number of rotatable bonds is 4. The lowest BCUT2D eigenvalue weighted by molar-refractivity contribution is -0.116. The maximum atomic E-state index is 12.3. The SMILES string of the molecule is O=C(C=Cc1cccc2cccnc12)NCC1CCCc2ccccc21. The van der Waals surface area contributed by atoms with Crippen molar-refractivity contribution in [3.8, 4) is 0 Å². The van der Waals surface area contributed by atoms with E-state index in [-0.39, 0.29) is 5.91 Å². The lowest BCUT2D eigenvalue weighted by atomic mass is 9.83. The monoisotopic (exact) mass is 342 g/mol. The van der Waals surface area contributed by atoms with Gasteiger partial charge in [-0.2, -0.15) is 0 Å². The minimum atomic E-state index is -0.0546. The van der Waals surface area contributed by atoms with Crippen LogP contribution >= 0.6 is 0 Å². The third kappa shape index (κ3) is 3.52. The zero-order valence-corrected chi connectivity index (χ0v) is 14.7. The fraction of sp³-hybridized carbons (Fsp3) is 0.217. The molecule has 1 N–H and O–H groups in total. The standard InChI is InChI=1S/C23H22N2O/c26-22(14-13-19-9-4-8-18-11-5-15-24-23(18)19)25-16-20-10-3-7-17-6-1-2-12-21(17)20/h1-2,4-6,8-9,11-15,20H,3,7,10,16H2,(H,25,26). The van der Waals surface area contributed by atoms with Crippen molar-refractivity contribution in [2.75, 3.05) is 6.54 Å². The number of pyridine rings is 1. The predicted molar refractivity (Wildman–Crippen MR) is 106 cm³/mol. The Morgan fingerprint density at radius 3 is 2.96 bits per heavy atom. The summed E-state index contributed by atoms with van der Waals surface area (Å²) in [6, 6.07) is 18.5. The van der Waals surface area contributed by atoms with E-state index in [1.54, 1.807) is 12.3 Å². The van der Waals surface area contributed by atoms with Gasteiger partial charge in [0, 0.05) is 35.7 Å². The second-order valence-corrected chi connectivity index (χ2v) is 6.79. The normalized spacial score (nSPS) is 16.5. The molecule has 1 aromatic heterocycles. The van der Waals surface area contributed by atoms with Gasteiger partial charge in [-0.25, -0.2) is 0 Å². The highest BCUT2D eigenvalue weighted by atomic mass is 16.1. The van der Waals surface area contributed by atoms with E-state index in [2.05, 4.69) is 34.6 Å². The lowest BCUT2D eigenvalue weighted by Crippen LogP contribution is -2.28. The molecule has 0 bridgehead atoms. The smallest absolute Gasteiger partial charge is 0.244 e. The van der Waals surface area contributed by atoms with E-state index in [1.807, 2.05) is 36.4 Å². The molecule has 2 aromatic carbocycles. The average molecular weight is 342 g/mol. The molecule has 0 saturated heterocycles. The first kappa shape index (κ1) is 16.5. The average Bonchev–Trinajstić information content (AvgIpc) is 2.70. The second-order valence-electron chi connectivity index (χ2n) is 6.79. The summed E-state index contributed by atoms with van der Waals surface area (Å²) < 4.78 is 0. The molecule has 0 saturated carbocycles. The minimum absolute atomic E-state index is 0.0546. The van der Waals surface area contributed by atoms with Gasteiger partial charge in [-0.3, -0.25) is 9.78 Å². The van der Waals surface area contributed by atoms with E-state index >= 15 is 0 Å². The molecule has 3 aromatic rings. The number of hydrogen-bond donors (Lipinski definition) is 1. The van der Waals surface area contributed by atoms with Crippen LogP contribution < -0.4 is 5.32 Å². The van der Waals surface area contributed by atoms with Crippen molar-refractivity contribution >= 4 is 22.9 Å². The zero-order chi connectivity index (χ0) is 17.8. The third-order valence-corrected chi connectivity index (χ3v) is 5.09. The van der Waals surface area contributed by atoms with Gasteiger partial charge >= 0.3 is 0 Å². The van der Waals surface area contributed by atoms with Crippen LogP contribution in [-0.4, -0.2) is 17.4 Å². The number of benzene rings is 2. The summed E-state index contributed by atoms with van der Waals surface area (Å²) in [6.45, 7) is 0.688. The Labute approximate surface area is 153 Å². The summed E-state index contributed by atoms with van der Waals surface area (Å²) in [5.74, 6) is 0.359. The molecule has 3 nitrogen and oxygen atoms in total. The van der Waals surface area contributed by atoms with Crippen molar-refractivity contribution < 1.29 is 4.79 Å². The Morgan fingerprint density at radius 1 is 1.12 bits per heavy atom. The van der Waals surface area contributed by atoms with Gasteiger partial charge in [0.15, 0.2) is 0 Å². The quantitative estimate of drug-likeness (QED) is 0.710. The summed E-state index contributed by atoms with van der Waals surface area (Å²) >= 11 is 0. The molecule has 0 fully saturated rings. The zero-order valence-electron chi connectivity index (χ0n) is 14.7. The van der Waals surface area contributed by atoms with Crippen molar-refractivity contribution in [1.82, 2.24) is 10.3 Å². The van der Waals surface area contributed by atoms with Gasteiger partial charge in [0.1, 0.15) is 0 Å². The van der Waals surface area contributed by atoms with Crippen LogP contribution in [0.5, 0.6) is 0 Å². The van der Waals surface area contributed by atoms with E-state index in [9.17, 15) is 4.79 Å². The van der Waals surface area contributed by atoms with E-state index in [4.69, 9.17) is 0 Å². The number of nitrogens with one attached hydrogen (secondary N) is 1. The third-order valence-electron chi connectivity index (χ3n) is 5.09. The Bertz CT molecular complexity index is 956. The van der Waals surface area contributed by atoms with Crippen molar-refractivity contribution in [2.24, 2.45) is 0 Å². The largest absolute Gasteiger partial charge is 0.352 e. The molecular formula is C23H22N2O. The second kappa shape index (κ2) is 7.52. The molecule has 26 heavy (non-hydrogen) atoms. The van der Waals surface area contributed by atoms with Gasteiger partial charge in [0.25, 0.3) is 0 Å². The number of fused-ring (bicyclic) bond motifs is 2. The highest BCUT2D eigenvalue weighted by molar-refractivity contribution is 5.95. The van der Waals surface area contributed by atoms with Crippen LogP contribution in [-0.2, 0) is 11.2 Å². The molecule has 3 heteroatoms. The molecular weight excluding hydrogens is 320 g/mol. The molecule has 1 amide bonds. The van der Waals surface area contributed by atoms with Crippen molar-refractivity contribution in [1.29, 1.82) is 0 Å². The van der Waals surface area contributed by atoms with E-state index < -0.39 is 0 Å². The van der Waals surface area contributed by atoms with Crippen molar-refractivity contribution in [3.63, 3.8) is 0 Å². The van der Waals surface area contributed by atoms with Crippen LogP contribution in [0, 0.1) is 0 Å². The Kier molecular flexibility index (Phi) is 4.78. The molecule has 1 unspecified atom stereocenters. The van der Waals surface area contributed by atoms with Crippen LogP contribution in [0.4, 0.5) is 0 Å². The summed E-state index contributed by atoms with van der Waals surface area (Å²) in [5.41, 5.74) is 4.69. The Hall–Kier alpha value is -2.94. The van der Waals surface area contributed by atoms with Crippen LogP contribution in [0.2, 0.25) is 0 Å². The fourth-order valence-electron chi connectivity index (χ4n) is 3.78. The van der Waals surface area contributed by atoms with Crippen molar-refractivity contribution in [3.05, 3.63) is 83.6 Å². The van der Waals surface area contributed by atoms with Gasteiger partial charge in [-0.1, -0.05) is 48.5 Å². The van der Waals surface area contributed by atoms with Crippen molar-refractivity contribution in [2.45, 2.75) is 25.2 Å². The number of para-hydroxylation sites is 1. The van der Waals surface area contributed by atoms with Crippen LogP contribution in [0.1, 0.15) is 35.4 Å². The number of aromatic nitrogens is 1. The molecule has 1 aliphatic rings. The number of carbonyl (C=O) groups is 1. The van der Waals surface area contributed by atoms with E-state index in [1.165, 1.54) is 17.5 Å². The maximum absolute atomic E-state index is 12.3. The summed E-state index contributed by atoms with van der Waals surface area (Å²) in [7, 11) is 0. The van der Waals surface area contributed by atoms with E-state index in [0.29, 0.717) is 12.5 Å². The van der Waals surface area contributed by atoms with Crippen LogP contribution in [0.15, 0.2) is 66.9 Å². The highest BCUT2D eigenvalue weighted by Gasteiger charge is 2.19. The van der Waals surface area contributed by atoms with Gasteiger partial charge < -0.3 is 5.32 Å². The number of aryl methyl sites for hydroxylation is 1. The van der Waals surface area contributed by atoms with Gasteiger partial charge in [-0.15, -0.1) is 0 Å². The number of nitrogens with zero attached hydrogens (tertiary/aromatic N) is 1. The molecule has 0 radical (unpaired) electrons. The molecule has 1 atom stereocenters. The molecule has 1 aliphatic carbocycles. The molecule has 0 spiro atoms. The van der Waals surface area contributed by atoms with Gasteiger partial charge in [0.2, 0.25) is 5.91 Å². The highest BCUT2D eigenvalue weighted by Crippen LogP contribution is 2.30. The molecule has 0 aliphatic heterocycles. The lowest BCUT2D eigenvalue weighted by Gasteiger charge is -2.25. The first-order chi connectivity index (χ1) is 12.8. The Balaban J connectivity index is 1.42.